The minimum absolute atomic E-state index is 0.101. The quantitative estimate of drug-likeness (QED) is 0.735. The Balaban J connectivity index is 2.22. The van der Waals surface area contributed by atoms with Crippen molar-refractivity contribution >= 4 is 11.9 Å². The van der Waals surface area contributed by atoms with Crippen LogP contribution in [-0.4, -0.2) is 29.2 Å². The molecule has 7 heteroatoms. The second-order valence-electron chi connectivity index (χ2n) is 7.03. The van der Waals surface area contributed by atoms with Crippen molar-refractivity contribution in [1.29, 1.82) is 0 Å². The monoisotopic (exact) mass is 374 g/mol. The maximum Gasteiger partial charge on any atom is 0.306 e. The van der Waals surface area contributed by atoms with Gasteiger partial charge in [-0.3, -0.25) is 9.59 Å². The molecule has 1 amide bonds. The number of hydrogen-bond donors (Lipinski definition) is 2. The third-order valence-electron chi connectivity index (χ3n) is 4.70. The molecule has 146 valence electrons. The maximum absolute atomic E-state index is 12.7. The van der Waals surface area contributed by atoms with Crippen LogP contribution >= 0.6 is 0 Å². The first-order chi connectivity index (χ1) is 12.7. The molecule has 7 nitrogen and oxygen atoms in total. The van der Waals surface area contributed by atoms with Gasteiger partial charge in [0.1, 0.15) is 11.5 Å². The number of aryl methyl sites for hydroxylation is 2. The van der Waals surface area contributed by atoms with Crippen molar-refractivity contribution < 1.29 is 24.0 Å². The van der Waals surface area contributed by atoms with Crippen LogP contribution < -0.4 is 10.1 Å². The summed E-state index contributed by atoms with van der Waals surface area (Å²) in [5.41, 5.74) is 1.28. The van der Waals surface area contributed by atoms with E-state index < -0.39 is 11.5 Å². The number of ether oxygens (including phenoxy) is 1. The van der Waals surface area contributed by atoms with E-state index in [0.717, 1.165) is 11.3 Å². The predicted molar refractivity (Wildman–Crippen MR) is 99.8 cm³/mol. The van der Waals surface area contributed by atoms with E-state index in [-0.39, 0.29) is 24.7 Å². The van der Waals surface area contributed by atoms with Crippen LogP contribution in [0.15, 0.2) is 28.8 Å². The number of aromatic nitrogens is 1. The van der Waals surface area contributed by atoms with Crippen LogP contribution in [0.1, 0.15) is 55.2 Å². The molecule has 0 saturated carbocycles. The third kappa shape index (κ3) is 4.87. The molecule has 0 radical (unpaired) electrons. The molecule has 2 atom stereocenters. The maximum atomic E-state index is 12.7. The summed E-state index contributed by atoms with van der Waals surface area (Å²) >= 11 is 0. The van der Waals surface area contributed by atoms with Crippen molar-refractivity contribution in [2.24, 2.45) is 0 Å². The number of nitrogens with zero attached hydrogens (tertiary/aromatic N) is 1. The molecule has 0 bridgehead atoms. The summed E-state index contributed by atoms with van der Waals surface area (Å²) < 4.78 is 10.4. The highest BCUT2D eigenvalue weighted by Crippen LogP contribution is 2.30. The van der Waals surface area contributed by atoms with Crippen molar-refractivity contribution in [3.8, 4) is 5.75 Å². The minimum atomic E-state index is -1.06. The molecule has 2 aromatic rings. The Labute approximate surface area is 158 Å². The summed E-state index contributed by atoms with van der Waals surface area (Å²) in [4.78, 5) is 24.1. The number of aliphatic carboxylic acids is 1. The van der Waals surface area contributed by atoms with Gasteiger partial charge < -0.3 is 19.7 Å². The number of rotatable bonds is 8. The molecule has 0 aliphatic rings. The van der Waals surface area contributed by atoms with E-state index in [0.29, 0.717) is 17.1 Å². The predicted octanol–water partition coefficient (Wildman–Crippen LogP) is 3.30. The Kier molecular flexibility index (Phi) is 6.25. The van der Waals surface area contributed by atoms with Crippen molar-refractivity contribution in [3.05, 3.63) is 46.8 Å². The van der Waals surface area contributed by atoms with Crippen LogP contribution in [0.3, 0.4) is 0 Å². The highest BCUT2D eigenvalue weighted by atomic mass is 16.5. The average molecular weight is 374 g/mol. The molecule has 0 fully saturated rings. The molecule has 2 rings (SSSR count). The smallest absolute Gasteiger partial charge is 0.306 e. The molecule has 0 aliphatic carbocycles. The van der Waals surface area contributed by atoms with Gasteiger partial charge in [-0.05, 0) is 44.4 Å². The number of hydrogen-bond acceptors (Lipinski definition) is 5. The van der Waals surface area contributed by atoms with Crippen LogP contribution in [0.5, 0.6) is 5.75 Å². The lowest BCUT2D eigenvalue weighted by Gasteiger charge is -2.31. The Hall–Kier alpha value is -2.83. The van der Waals surface area contributed by atoms with Gasteiger partial charge in [0.2, 0.25) is 5.91 Å². The lowest BCUT2D eigenvalue weighted by atomic mass is 9.87. The number of carboxylic acids is 1. The van der Waals surface area contributed by atoms with E-state index in [1.165, 1.54) is 7.11 Å². The second kappa shape index (κ2) is 8.24. The SMILES string of the molecule is COc1cccc(C(C)(CC(=O)O)NC(=O)CC(C)c2c(C)noc2C)c1. The summed E-state index contributed by atoms with van der Waals surface area (Å²) in [5.74, 6) is -0.0551. The Bertz CT molecular complexity index is 810. The van der Waals surface area contributed by atoms with Crippen molar-refractivity contribution in [3.63, 3.8) is 0 Å². The molecule has 0 spiro atoms. The Morgan fingerprint density at radius 3 is 2.63 bits per heavy atom. The van der Waals surface area contributed by atoms with Gasteiger partial charge >= 0.3 is 5.97 Å². The fourth-order valence-corrected chi connectivity index (χ4v) is 3.42. The van der Waals surface area contributed by atoms with Crippen LogP contribution in [0.25, 0.3) is 0 Å². The molecule has 0 aliphatic heterocycles. The normalized spacial score (nSPS) is 14.3. The average Bonchev–Trinajstić information content (AvgIpc) is 2.92. The van der Waals surface area contributed by atoms with Gasteiger partial charge in [0.25, 0.3) is 0 Å². The van der Waals surface area contributed by atoms with Crippen LogP contribution in [0.4, 0.5) is 0 Å². The van der Waals surface area contributed by atoms with E-state index >= 15 is 0 Å². The topological polar surface area (TPSA) is 102 Å². The second-order valence-corrected chi connectivity index (χ2v) is 7.03. The highest BCUT2D eigenvalue weighted by Gasteiger charge is 2.32. The third-order valence-corrected chi connectivity index (χ3v) is 4.70. The first-order valence-corrected chi connectivity index (χ1v) is 8.76. The van der Waals surface area contributed by atoms with Gasteiger partial charge in [-0.2, -0.15) is 0 Å². The summed E-state index contributed by atoms with van der Waals surface area (Å²) in [5, 5.41) is 16.2. The van der Waals surface area contributed by atoms with Gasteiger partial charge in [0, 0.05) is 12.0 Å². The number of carboxylic acid groups (broad SMARTS) is 1. The molecule has 0 saturated heterocycles. The summed E-state index contributed by atoms with van der Waals surface area (Å²) in [6.07, 6.45) is -0.0479. The Morgan fingerprint density at radius 2 is 2.07 bits per heavy atom. The van der Waals surface area contributed by atoms with Gasteiger partial charge in [0.05, 0.1) is 24.8 Å². The van der Waals surface area contributed by atoms with Gasteiger partial charge in [-0.15, -0.1) is 0 Å². The largest absolute Gasteiger partial charge is 0.497 e. The zero-order chi connectivity index (χ0) is 20.2. The fraction of sp³-hybridized carbons (Fsp3) is 0.450. The van der Waals surface area contributed by atoms with E-state index in [9.17, 15) is 14.7 Å². The van der Waals surface area contributed by atoms with E-state index in [2.05, 4.69) is 10.5 Å². The van der Waals surface area contributed by atoms with Crippen molar-refractivity contribution in [2.45, 2.75) is 52.0 Å². The van der Waals surface area contributed by atoms with Gasteiger partial charge in [-0.1, -0.05) is 24.2 Å². The number of carbonyl (C=O) groups excluding carboxylic acids is 1. The van der Waals surface area contributed by atoms with E-state index in [1.54, 1.807) is 31.2 Å². The zero-order valence-electron chi connectivity index (χ0n) is 16.3. The first-order valence-electron chi connectivity index (χ1n) is 8.76. The molecule has 27 heavy (non-hydrogen) atoms. The molecule has 2 unspecified atom stereocenters. The van der Waals surface area contributed by atoms with E-state index in [4.69, 9.17) is 9.26 Å². The fourth-order valence-electron chi connectivity index (χ4n) is 3.42. The number of amides is 1. The summed E-state index contributed by atoms with van der Waals surface area (Å²) in [6.45, 7) is 7.28. The van der Waals surface area contributed by atoms with Crippen molar-refractivity contribution in [1.82, 2.24) is 10.5 Å². The highest BCUT2D eigenvalue weighted by molar-refractivity contribution is 5.79. The van der Waals surface area contributed by atoms with Gasteiger partial charge in [-0.25, -0.2) is 0 Å². The standard InChI is InChI=1S/C20H26N2O5/c1-12(19-13(2)22-27-14(19)3)9-17(23)21-20(4,11-18(24)25)15-7-6-8-16(10-15)26-5/h6-8,10,12H,9,11H2,1-5H3,(H,21,23)(H,24,25). The molecular formula is C20H26N2O5. The zero-order valence-corrected chi connectivity index (χ0v) is 16.3. The molecular weight excluding hydrogens is 348 g/mol. The molecule has 1 aromatic carbocycles. The minimum Gasteiger partial charge on any atom is -0.497 e. The molecule has 1 heterocycles. The molecule has 1 aromatic heterocycles. The number of nitrogens with one attached hydrogen (secondary N) is 1. The van der Waals surface area contributed by atoms with Crippen LogP contribution in [-0.2, 0) is 15.1 Å². The first kappa shape index (κ1) is 20.5. The van der Waals surface area contributed by atoms with Crippen LogP contribution in [0, 0.1) is 13.8 Å². The number of benzene rings is 1. The lowest BCUT2D eigenvalue weighted by molar-refractivity contribution is -0.139. The lowest BCUT2D eigenvalue weighted by Crippen LogP contribution is -2.45. The molecule has 2 N–H and O–H groups in total. The van der Waals surface area contributed by atoms with Gasteiger partial charge in [0.15, 0.2) is 0 Å². The number of methoxy groups -OCH3 is 1. The van der Waals surface area contributed by atoms with E-state index in [1.807, 2.05) is 20.8 Å². The Morgan fingerprint density at radius 1 is 1.37 bits per heavy atom. The number of carbonyl (C=O) groups is 2. The van der Waals surface area contributed by atoms with Crippen LogP contribution in [0.2, 0.25) is 0 Å². The summed E-state index contributed by atoms with van der Waals surface area (Å²) in [7, 11) is 1.54. The van der Waals surface area contributed by atoms with Crippen molar-refractivity contribution in [2.75, 3.05) is 7.11 Å². The summed E-state index contributed by atoms with van der Waals surface area (Å²) in [6, 6.07) is 7.06.